The molecule has 0 aromatic heterocycles. The van der Waals surface area contributed by atoms with E-state index in [0.29, 0.717) is 12.5 Å². The fourth-order valence-corrected chi connectivity index (χ4v) is 3.98. The Kier molecular flexibility index (Phi) is 11.0. The van der Waals surface area contributed by atoms with Crippen molar-refractivity contribution in [2.75, 3.05) is 66.2 Å². The molecule has 6 nitrogen and oxygen atoms in total. The average molecular weight is 537 g/mol. The highest BCUT2D eigenvalue weighted by Gasteiger charge is 2.24. The van der Waals surface area contributed by atoms with Crippen LogP contribution < -0.4 is 5.32 Å². The van der Waals surface area contributed by atoms with Crippen LogP contribution >= 0.6 is 35.6 Å². The predicted molar refractivity (Wildman–Crippen MR) is 130 cm³/mol. The van der Waals surface area contributed by atoms with Gasteiger partial charge < -0.3 is 19.7 Å². The van der Waals surface area contributed by atoms with Crippen molar-refractivity contribution in [2.24, 2.45) is 10.9 Å². The number of ether oxygens (including phenoxy) is 2. The lowest BCUT2D eigenvalue weighted by Crippen LogP contribution is -2.43. The molecule has 3 rings (SSSR count). The molecule has 0 bridgehead atoms. The lowest BCUT2D eigenvalue weighted by atomic mass is 10.0. The molecule has 2 atom stereocenters. The molecule has 0 aliphatic carbocycles. The smallest absolute Gasteiger partial charge is 0.193 e. The molecule has 0 radical (unpaired) electrons. The van der Waals surface area contributed by atoms with Gasteiger partial charge in [-0.1, -0.05) is 23.7 Å². The summed E-state index contributed by atoms with van der Waals surface area (Å²) >= 11 is 6.11. The Labute approximate surface area is 197 Å². The highest BCUT2D eigenvalue weighted by Crippen LogP contribution is 2.24. The van der Waals surface area contributed by atoms with Gasteiger partial charge in [-0.05, 0) is 31.0 Å². The minimum Gasteiger partial charge on any atom is -0.381 e. The number of halogens is 2. The van der Waals surface area contributed by atoms with Gasteiger partial charge in [0.15, 0.2) is 5.96 Å². The van der Waals surface area contributed by atoms with E-state index in [4.69, 9.17) is 26.1 Å². The maximum Gasteiger partial charge on any atom is 0.193 e. The SMILES string of the molecule is CCNC(=NCC(c1ccc(Cl)cc1)N1CCOCC1)N(C)CC1CCOC1.I. The second kappa shape index (κ2) is 12.9. The van der Waals surface area contributed by atoms with Gasteiger partial charge in [-0.15, -0.1) is 24.0 Å². The van der Waals surface area contributed by atoms with E-state index in [2.05, 4.69) is 41.2 Å². The van der Waals surface area contributed by atoms with Crippen LogP contribution in [0.15, 0.2) is 29.3 Å². The molecule has 0 spiro atoms. The highest BCUT2D eigenvalue weighted by molar-refractivity contribution is 14.0. The average Bonchev–Trinajstić information content (AvgIpc) is 3.22. The molecule has 8 heteroatoms. The van der Waals surface area contributed by atoms with E-state index >= 15 is 0 Å². The maximum atomic E-state index is 6.11. The summed E-state index contributed by atoms with van der Waals surface area (Å²) in [6, 6.07) is 8.38. The summed E-state index contributed by atoms with van der Waals surface area (Å²) in [5.74, 6) is 1.54. The van der Waals surface area contributed by atoms with Crippen LogP contribution in [0, 0.1) is 5.92 Å². The van der Waals surface area contributed by atoms with Crippen molar-refractivity contribution in [3.8, 4) is 0 Å². The summed E-state index contributed by atoms with van der Waals surface area (Å²) < 4.78 is 11.1. The first kappa shape index (κ1) is 24.7. The summed E-state index contributed by atoms with van der Waals surface area (Å²) in [6.45, 7) is 9.76. The molecule has 0 amide bonds. The molecule has 1 N–H and O–H groups in total. The van der Waals surface area contributed by atoms with E-state index in [9.17, 15) is 0 Å². The number of rotatable bonds is 7. The summed E-state index contributed by atoms with van der Waals surface area (Å²) in [7, 11) is 2.12. The second-order valence-electron chi connectivity index (χ2n) is 7.52. The first-order valence-electron chi connectivity index (χ1n) is 10.3. The molecule has 1 aromatic rings. The number of guanidine groups is 1. The van der Waals surface area contributed by atoms with Crippen LogP contribution in [0.25, 0.3) is 0 Å². The Hall–Kier alpha value is -0.610. The maximum absolute atomic E-state index is 6.11. The number of benzene rings is 1. The fourth-order valence-electron chi connectivity index (χ4n) is 3.85. The lowest BCUT2D eigenvalue weighted by Gasteiger charge is -2.34. The van der Waals surface area contributed by atoms with Gasteiger partial charge in [-0.2, -0.15) is 0 Å². The third kappa shape index (κ3) is 7.54. The molecule has 0 saturated carbocycles. The van der Waals surface area contributed by atoms with Gasteiger partial charge in [0.2, 0.25) is 0 Å². The van der Waals surface area contributed by atoms with E-state index in [1.54, 1.807) is 0 Å². The standard InChI is InChI=1S/C21H33ClN4O2.HI/c1-3-23-21(25(2)15-17-8-11-28-16-17)24-14-20(26-9-12-27-13-10-26)18-4-6-19(22)7-5-18;/h4-7,17,20H,3,8-16H2,1-2H3,(H,23,24);1H. The third-order valence-electron chi connectivity index (χ3n) is 5.41. The molecule has 164 valence electrons. The molecule has 29 heavy (non-hydrogen) atoms. The Morgan fingerprint density at radius 2 is 1.97 bits per heavy atom. The Morgan fingerprint density at radius 1 is 1.24 bits per heavy atom. The van der Waals surface area contributed by atoms with E-state index in [0.717, 1.165) is 70.0 Å². The summed E-state index contributed by atoms with van der Waals surface area (Å²) in [4.78, 5) is 9.71. The third-order valence-corrected chi connectivity index (χ3v) is 5.66. The predicted octanol–water partition coefficient (Wildman–Crippen LogP) is 3.27. The van der Waals surface area contributed by atoms with Crippen molar-refractivity contribution in [1.29, 1.82) is 0 Å². The first-order valence-corrected chi connectivity index (χ1v) is 10.7. The van der Waals surface area contributed by atoms with Crippen LogP contribution in [0.1, 0.15) is 24.9 Å². The molecule has 2 unspecified atom stereocenters. The molecule has 2 heterocycles. The topological polar surface area (TPSA) is 49.3 Å². The highest BCUT2D eigenvalue weighted by atomic mass is 127. The van der Waals surface area contributed by atoms with Crippen molar-refractivity contribution < 1.29 is 9.47 Å². The molecular formula is C21H34ClIN4O2. The van der Waals surface area contributed by atoms with Gasteiger partial charge in [0, 0.05) is 50.8 Å². The molecular weight excluding hydrogens is 503 g/mol. The van der Waals surface area contributed by atoms with Gasteiger partial charge in [0.1, 0.15) is 0 Å². The lowest BCUT2D eigenvalue weighted by molar-refractivity contribution is 0.0179. The normalized spacial score (nSPS) is 21.5. The molecule has 2 aliphatic heterocycles. The molecule has 2 fully saturated rings. The van der Waals surface area contributed by atoms with E-state index < -0.39 is 0 Å². The molecule has 2 saturated heterocycles. The molecule has 2 aliphatic rings. The van der Waals surface area contributed by atoms with Crippen LogP contribution in [0.4, 0.5) is 0 Å². The minimum absolute atomic E-state index is 0. The zero-order chi connectivity index (χ0) is 19.8. The first-order chi connectivity index (χ1) is 13.7. The van der Waals surface area contributed by atoms with Gasteiger partial charge >= 0.3 is 0 Å². The summed E-state index contributed by atoms with van der Waals surface area (Å²) in [5, 5.41) is 4.21. The monoisotopic (exact) mass is 536 g/mol. The van der Waals surface area contributed by atoms with Crippen LogP contribution in [0.2, 0.25) is 5.02 Å². The fraction of sp³-hybridized carbons (Fsp3) is 0.667. The molecule has 1 aromatic carbocycles. The minimum atomic E-state index is 0. The summed E-state index contributed by atoms with van der Waals surface area (Å²) in [6.07, 6.45) is 1.13. The van der Waals surface area contributed by atoms with Gasteiger partial charge in [-0.25, -0.2) is 0 Å². The zero-order valence-corrected chi connectivity index (χ0v) is 20.6. The Morgan fingerprint density at radius 3 is 2.59 bits per heavy atom. The largest absolute Gasteiger partial charge is 0.381 e. The van der Waals surface area contributed by atoms with Crippen LogP contribution in [-0.2, 0) is 9.47 Å². The van der Waals surface area contributed by atoms with Crippen LogP contribution in [0.5, 0.6) is 0 Å². The summed E-state index contributed by atoms with van der Waals surface area (Å²) in [5.41, 5.74) is 1.25. The van der Waals surface area contributed by atoms with Crippen LogP contribution in [0.3, 0.4) is 0 Å². The van der Waals surface area contributed by atoms with Crippen molar-refractivity contribution in [3.05, 3.63) is 34.9 Å². The van der Waals surface area contributed by atoms with Crippen LogP contribution in [-0.4, -0.2) is 82.0 Å². The van der Waals surface area contributed by atoms with E-state index in [1.807, 2.05) is 12.1 Å². The Balaban J connectivity index is 0.00000300. The van der Waals surface area contributed by atoms with Gasteiger partial charge in [-0.3, -0.25) is 9.89 Å². The second-order valence-corrected chi connectivity index (χ2v) is 7.96. The van der Waals surface area contributed by atoms with Gasteiger partial charge in [0.05, 0.1) is 32.4 Å². The van der Waals surface area contributed by atoms with Gasteiger partial charge in [0.25, 0.3) is 0 Å². The van der Waals surface area contributed by atoms with E-state index in [1.165, 1.54) is 5.56 Å². The van der Waals surface area contributed by atoms with Crippen molar-refractivity contribution >= 4 is 41.5 Å². The van der Waals surface area contributed by atoms with Crippen molar-refractivity contribution in [3.63, 3.8) is 0 Å². The van der Waals surface area contributed by atoms with E-state index in [-0.39, 0.29) is 30.0 Å². The number of nitrogens with zero attached hydrogens (tertiary/aromatic N) is 3. The quantitative estimate of drug-likeness (QED) is 0.329. The number of morpholine rings is 1. The van der Waals surface area contributed by atoms with Crippen molar-refractivity contribution in [2.45, 2.75) is 19.4 Å². The number of aliphatic imine (C=N–C) groups is 1. The number of nitrogens with one attached hydrogen (secondary N) is 1. The number of hydrogen-bond acceptors (Lipinski definition) is 4. The zero-order valence-electron chi connectivity index (χ0n) is 17.5. The number of hydrogen-bond donors (Lipinski definition) is 1. The van der Waals surface area contributed by atoms with Crippen molar-refractivity contribution in [1.82, 2.24) is 15.1 Å². The Bertz CT molecular complexity index is 620.